The molecule has 2 aliphatic rings. The smallest absolute Gasteiger partial charge is 0.303 e. The van der Waals surface area contributed by atoms with Crippen LogP contribution in [-0.2, 0) is 19.1 Å². The molecule has 4 atom stereocenters. The summed E-state index contributed by atoms with van der Waals surface area (Å²) in [7, 11) is 0. The standard InChI is InChI=1S/C22H34O5/c1-13(12-17(24)25)8-9-16-14(2)18(26)19(27-15(3)23)20-21(4,5)10-7-11-22(16,20)6/h13,19-20H,7-12H2,1-6H3,(H,24,25)/t13-,19-,20-,22-/m1/s1. The van der Waals surface area contributed by atoms with Gasteiger partial charge in [-0.2, -0.15) is 0 Å². The van der Waals surface area contributed by atoms with E-state index >= 15 is 0 Å². The van der Waals surface area contributed by atoms with Gasteiger partial charge in [-0.05, 0) is 54.9 Å². The predicted octanol–water partition coefficient (Wildman–Crippen LogP) is 4.54. The molecule has 27 heavy (non-hydrogen) atoms. The van der Waals surface area contributed by atoms with Crippen LogP contribution in [0.25, 0.3) is 0 Å². The highest BCUT2D eigenvalue weighted by molar-refractivity contribution is 6.01. The largest absolute Gasteiger partial charge is 0.481 e. The second kappa shape index (κ2) is 7.76. The van der Waals surface area contributed by atoms with Crippen molar-refractivity contribution in [1.29, 1.82) is 0 Å². The zero-order valence-electron chi connectivity index (χ0n) is 17.6. The van der Waals surface area contributed by atoms with Gasteiger partial charge in [0.2, 0.25) is 0 Å². The van der Waals surface area contributed by atoms with Crippen molar-refractivity contribution >= 4 is 17.7 Å². The van der Waals surface area contributed by atoms with Gasteiger partial charge in [0.1, 0.15) is 0 Å². The number of hydrogen-bond donors (Lipinski definition) is 1. The molecule has 2 rings (SSSR count). The number of carboxylic acid groups (broad SMARTS) is 1. The molecule has 1 fully saturated rings. The van der Waals surface area contributed by atoms with Gasteiger partial charge in [0.25, 0.3) is 0 Å². The zero-order chi connectivity index (χ0) is 20.6. The quantitative estimate of drug-likeness (QED) is 0.686. The lowest BCUT2D eigenvalue weighted by Crippen LogP contribution is -2.56. The van der Waals surface area contributed by atoms with Crippen molar-refractivity contribution in [3.63, 3.8) is 0 Å². The van der Waals surface area contributed by atoms with Gasteiger partial charge < -0.3 is 9.84 Å². The van der Waals surface area contributed by atoms with E-state index in [2.05, 4.69) is 20.8 Å². The molecule has 0 amide bonds. The summed E-state index contributed by atoms with van der Waals surface area (Å²) >= 11 is 0. The van der Waals surface area contributed by atoms with Crippen LogP contribution in [0.2, 0.25) is 0 Å². The van der Waals surface area contributed by atoms with Gasteiger partial charge in [0, 0.05) is 19.3 Å². The fourth-order valence-corrected chi connectivity index (χ4v) is 5.67. The molecule has 1 saturated carbocycles. The van der Waals surface area contributed by atoms with Crippen molar-refractivity contribution in [3.05, 3.63) is 11.1 Å². The molecule has 5 heteroatoms. The molecule has 2 aliphatic carbocycles. The van der Waals surface area contributed by atoms with E-state index in [0.717, 1.165) is 37.7 Å². The first-order valence-corrected chi connectivity index (χ1v) is 10.0. The number of allylic oxidation sites excluding steroid dienone is 1. The fourth-order valence-electron chi connectivity index (χ4n) is 5.67. The Morgan fingerprint density at radius 3 is 2.44 bits per heavy atom. The lowest BCUT2D eigenvalue weighted by molar-refractivity contribution is -0.167. The summed E-state index contributed by atoms with van der Waals surface area (Å²) in [5.74, 6) is -1.27. The van der Waals surface area contributed by atoms with Gasteiger partial charge in [-0.3, -0.25) is 14.4 Å². The predicted molar refractivity (Wildman–Crippen MR) is 103 cm³/mol. The average molecular weight is 379 g/mol. The molecule has 0 saturated heterocycles. The number of ether oxygens (including phenoxy) is 1. The third-order valence-corrected chi connectivity index (χ3v) is 6.82. The van der Waals surface area contributed by atoms with Gasteiger partial charge in [0.15, 0.2) is 11.9 Å². The monoisotopic (exact) mass is 378 g/mol. The summed E-state index contributed by atoms with van der Waals surface area (Å²) in [6, 6.07) is 0. The fraction of sp³-hybridized carbons (Fsp3) is 0.773. The summed E-state index contributed by atoms with van der Waals surface area (Å²) in [6.45, 7) is 11.7. The van der Waals surface area contributed by atoms with Crippen LogP contribution in [0.15, 0.2) is 11.1 Å². The SMILES string of the molecule is CC(=O)O[C@@H]1C(=O)C(C)=C(CC[C@@H](C)CC(=O)O)[C@@]2(C)CCCC(C)(C)[C@@H]12. The maximum absolute atomic E-state index is 13.1. The van der Waals surface area contributed by atoms with Crippen molar-refractivity contribution in [2.45, 2.75) is 86.2 Å². The lowest BCUT2D eigenvalue weighted by atomic mass is 9.48. The van der Waals surface area contributed by atoms with Crippen molar-refractivity contribution < 1.29 is 24.2 Å². The minimum absolute atomic E-state index is 0.0522. The summed E-state index contributed by atoms with van der Waals surface area (Å²) in [4.78, 5) is 35.8. The van der Waals surface area contributed by atoms with Crippen LogP contribution < -0.4 is 0 Å². The summed E-state index contributed by atoms with van der Waals surface area (Å²) in [5, 5.41) is 9.03. The molecule has 152 valence electrons. The number of carbonyl (C=O) groups is 3. The Balaban J connectivity index is 2.42. The van der Waals surface area contributed by atoms with E-state index in [-0.39, 0.29) is 34.9 Å². The molecule has 0 aliphatic heterocycles. The van der Waals surface area contributed by atoms with Crippen LogP contribution in [-0.4, -0.2) is 28.9 Å². The molecular weight excluding hydrogens is 344 g/mol. The first kappa shape index (κ1) is 21.6. The van der Waals surface area contributed by atoms with Crippen LogP contribution in [0.1, 0.15) is 80.1 Å². The number of hydrogen-bond acceptors (Lipinski definition) is 4. The second-order valence-corrected chi connectivity index (χ2v) is 9.48. The normalized spacial score (nSPS) is 31.3. The number of ketones is 1. The molecule has 0 bridgehead atoms. The first-order valence-electron chi connectivity index (χ1n) is 10.0. The van der Waals surface area contributed by atoms with Crippen molar-refractivity contribution in [1.82, 2.24) is 0 Å². The van der Waals surface area contributed by atoms with Gasteiger partial charge in [0.05, 0.1) is 0 Å². The average Bonchev–Trinajstić information content (AvgIpc) is 2.49. The van der Waals surface area contributed by atoms with E-state index in [1.165, 1.54) is 6.92 Å². The van der Waals surface area contributed by atoms with Crippen LogP contribution in [0.5, 0.6) is 0 Å². The number of fused-ring (bicyclic) bond motifs is 1. The number of carbonyl (C=O) groups excluding carboxylic acids is 2. The van der Waals surface area contributed by atoms with Crippen LogP contribution in [0.4, 0.5) is 0 Å². The Morgan fingerprint density at radius 1 is 1.26 bits per heavy atom. The minimum Gasteiger partial charge on any atom is -0.481 e. The van der Waals surface area contributed by atoms with Crippen molar-refractivity contribution in [3.8, 4) is 0 Å². The van der Waals surface area contributed by atoms with E-state index in [1.807, 2.05) is 13.8 Å². The highest BCUT2D eigenvalue weighted by atomic mass is 16.5. The second-order valence-electron chi connectivity index (χ2n) is 9.48. The zero-order valence-corrected chi connectivity index (χ0v) is 17.6. The molecule has 5 nitrogen and oxygen atoms in total. The number of aliphatic carboxylic acids is 1. The third-order valence-electron chi connectivity index (χ3n) is 6.82. The molecule has 0 radical (unpaired) electrons. The molecule has 0 aromatic carbocycles. The molecule has 0 unspecified atom stereocenters. The summed E-state index contributed by atoms with van der Waals surface area (Å²) < 4.78 is 5.57. The highest BCUT2D eigenvalue weighted by Crippen LogP contribution is 2.60. The van der Waals surface area contributed by atoms with Crippen LogP contribution in [0, 0.1) is 22.7 Å². The Kier molecular flexibility index (Phi) is 6.23. The van der Waals surface area contributed by atoms with Crippen molar-refractivity contribution in [2.24, 2.45) is 22.7 Å². The van der Waals surface area contributed by atoms with Gasteiger partial charge >= 0.3 is 11.9 Å². The van der Waals surface area contributed by atoms with E-state index in [0.29, 0.717) is 5.57 Å². The molecule has 1 N–H and O–H groups in total. The van der Waals surface area contributed by atoms with Gasteiger partial charge in [-0.25, -0.2) is 0 Å². The first-order chi connectivity index (χ1) is 12.4. The number of esters is 1. The molecule has 0 heterocycles. The minimum atomic E-state index is -0.786. The van der Waals surface area contributed by atoms with E-state index in [4.69, 9.17) is 9.84 Å². The van der Waals surface area contributed by atoms with E-state index < -0.39 is 18.0 Å². The Labute approximate surface area is 162 Å². The summed E-state index contributed by atoms with van der Waals surface area (Å²) in [5.41, 5.74) is 1.54. The van der Waals surface area contributed by atoms with Crippen molar-refractivity contribution in [2.75, 3.05) is 0 Å². The highest BCUT2D eigenvalue weighted by Gasteiger charge is 2.58. The van der Waals surface area contributed by atoms with E-state index in [9.17, 15) is 14.4 Å². The maximum atomic E-state index is 13.1. The molecule has 0 aromatic rings. The summed E-state index contributed by atoms with van der Waals surface area (Å²) in [6.07, 6.45) is 3.93. The Bertz CT molecular complexity index is 660. The number of rotatable bonds is 6. The van der Waals surface area contributed by atoms with Crippen LogP contribution in [0.3, 0.4) is 0 Å². The maximum Gasteiger partial charge on any atom is 0.303 e. The van der Waals surface area contributed by atoms with E-state index in [1.54, 1.807) is 0 Å². The molecule has 0 spiro atoms. The lowest BCUT2D eigenvalue weighted by Gasteiger charge is -2.56. The molecular formula is C22H34O5. The Morgan fingerprint density at radius 2 is 1.89 bits per heavy atom. The number of Topliss-reactive ketones (excluding diaryl/α,β-unsaturated/α-hetero) is 1. The Hall–Kier alpha value is -1.65. The third kappa shape index (κ3) is 4.27. The molecule has 0 aromatic heterocycles. The van der Waals surface area contributed by atoms with Crippen LogP contribution >= 0.6 is 0 Å². The number of carboxylic acids is 1. The van der Waals surface area contributed by atoms with Gasteiger partial charge in [-0.15, -0.1) is 0 Å². The topological polar surface area (TPSA) is 80.7 Å². The van der Waals surface area contributed by atoms with Gasteiger partial charge in [-0.1, -0.05) is 39.7 Å².